The number of unbranched alkanes of at least 4 members (excludes halogenated alkanes) is 2. The number of aryl methyl sites for hydroxylation is 2. The van der Waals surface area contributed by atoms with Crippen molar-refractivity contribution in [1.82, 2.24) is 20.6 Å². The minimum absolute atomic E-state index is 0.257. The van der Waals surface area contributed by atoms with E-state index >= 15 is 0 Å². The van der Waals surface area contributed by atoms with Crippen LogP contribution in [0, 0.1) is 6.92 Å². The smallest absolute Gasteiger partial charge is 0.211 e. The van der Waals surface area contributed by atoms with Crippen molar-refractivity contribution in [3.05, 3.63) is 71.5 Å². The van der Waals surface area contributed by atoms with Crippen LogP contribution in [0.2, 0.25) is 0 Å². The molecule has 7 nitrogen and oxygen atoms in total. The summed E-state index contributed by atoms with van der Waals surface area (Å²) in [6.45, 7) is 2.31. The van der Waals surface area contributed by atoms with Gasteiger partial charge in [0, 0.05) is 22.9 Å². The first kappa shape index (κ1) is 20.9. The second-order valence-electron chi connectivity index (χ2n) is 8.06. The molecule has 0 aliphatic heterocycles. The highest BCUT2D eigenvalue weighted by Crippen LogP contribution is 2.37. The largest absolute Gasteiger partial charge is 0.485 e. The second kappa shape index (κ2) is 9.24. The number of aromatic nitrogens is 4. The highest BCUT2D eigenvalue weighted by atomic mass is 16.5. The number of nitrogens with zero attached hydrogens (tertiary/aromatic N) is 3. The summed E-state index contributed by atoms with van der Waals surface area (Å²) in [4.78, 5) is 10.7. The van der Waals surface area contributed by atoms with Gasteiger partial charge in [0.2, 0.25) is 5.82 Å². The Morgan fingerprint density at radius 3 is 2.82 bits per heavy atom. The lowest BCUT2D eigenvalue weighted by atomic mass is 9.97. The summed E-state index contributed by atoms with van der Waals surface area (Å²) in [6, 6.07) is 18.6. The Bertz CT molecular complexity index is 1410. The quantitative estimate of drug-likeness (QED) is 0.238. The monoisotopic (exact) mass is 440 g/mol. The lowest BCUT2D eigenvalue weighted by Gasteiger charge is -2.11. The van der Waals surface area contributed by atoms with E-state index in [9.17, 15) is 4.79 Å². The molecule has 1 N–H and O–H groups in total. The molecule has 0 unspecified atom stereocenters. The molecule has 166 valence electrons. The molecule has 0 saturated carbocycles. The Balaban J connectivity index is 1.48. The number of carbonyl (C=O) groups is 1. The van der Waals surface area contributed by atoms with Crippen LogP contribution in [-0.4, -0.2) is 26.9 Å². The fourth-order valence-electron chi connectivity index (χ4n) is 4.26. The molecule has 0 fully saturated rings. The van der Waals surface area contributed by atoms with Gasteiger partial charge in [0.1, 0.15) is 23.4 Å². The molecule has 0 saturated heterocycles. The molecule has 2 heterocycles. The Morgan fingerprint density at radius 2 is 1.97 bits per heavy atom. The van der Waals surface area contributed by atoms with Crippen LogP contribution in [0.25, 0.3) is 33.1 Å². The fourth-order valence-corrected chi connectivity index (χ4v) is 4.26. The van der Waals surface area contributed by atoms with Crippen molar-refractivity contribution >= 4 is 28.0 Å². The van der Waals surface area contributed by atoms with E-state index in [0.29, 0.717) is 12.2 Å². The van der Waals surface area contributed by atoms with E-state index in [-0.39, 0.29) is 6.61 Å². The maximum Gasteiger partial charge on any atom is 0.211 e. The predicted octanol–water partition coefficient (Wildman–Crippen LogP) is 5.57. The molecule has 0 radical (unpaired) electrons. The number of ether oxygens (including phenoxy) is 1. The van der Waals surface area contributed by atoms with E-state index in [2.05, 4.69) is 51.0 Å². The van der Waals surface area contributed by atoms with Crippen molar-refractivity contribution in [3.63, 3.8) is 0 Å². The molecule has 2 aromatic heterocycles. The number of hydrogen-bond donors (Lipinski definition) is 1. The summed E-state index contributed by atoms with van der Waals surface area (Å²) >= 11 is 0. The summed E-state index contributed by atoms with van der Waals surface area (Å²) in [5, 5.41) is 17.2. The summed E-state index contributed by atoms with van der Waals surface area (Å²) in [5.74, 6) is 2.20. The van der Waals surface area contributed by atoms with Crippen LogP contribution >= 0.6 is 0 Å². The average Bonchev–Trinajstić information content (AvgIpc) is 3.49. The minimum atomic E-state index is 0.257. The predicted molar refractivity (Wildman–Crippen MR) is 126 cm³/mol. The Morgan fingerprint density at radius 1 is 1.06 bits per heavy atom. The Hall–Kier alpha value is -4.00. The number of para-hydroxylation sites is 1. The maximum atomic E-state index is 10.7. The molecule has 5 aromatic rings. The number of carbonyl (C=O) groups excluding carboxylic acids is 1. The van der Waals surface area contributed by atoms with E-state index in [0.717, 1.165) is 69.9 Å². The second-order valence-corrected chi connectivity index (χ2v) is 8.06. The van der Waals surface area contributed by atoms with Crippen LogP contribution in [0.3, 0.4) is 0 Å². The van der Waals surface area contributed by atoms with Crippen molar-refractivity contribution in [2.24, 2.45) is 0 Å². The zero-order valence-corrected chi connectivity index (χ0v) is 18.4. The molecule has 0 amide bonds. The SMILES string of the molecule is Cc1c(OCc2nn[nH]n2)ccc2cc(-c3oc4ccccc4c3CCCCC=O)ccc12. The zero-order chi connectivity index (χ0) is 22.6. The van der Waals surface area contributed by atoms with Crippen LogP contribution in [0.5, 0.6) is 5.75 Å². The van der Waals surface area contributed by atoms with Crippen molar-refractivity contribution in [2.75, 3.05) is 0 Å². The van der Waals surface area contributed by atoms with Gasteiger partial charge >= 0.3 is 0 Å². The summed E-state index contributed by atoms with van der Waals surface area (Å²) in [5.41, 5.74) is 4.19. The number of fused-ring (bicyclic) bond motifs is 2. The maximum absolute atomic E-state index is 10.7. The van der Waals surface area contributed by atoms with E-state index < -0.39 is 0 Å². The first-order valence-electron chi connectivity index (χ1n) is 11.1. The third-order valence-electron chi connectivity index (χ3n) is 5.94. The van der Waals surface area contributed by atoms with Gasteiger partial charge in [-0.1, -0.05) is 41.6 Å². The molecule has 0 aliphatic rings. The molecular weight excluding hydrogens is 416 g/mol. The van der Waals surface area contributed by atoms with Crippen molar-refractivity contribution in [2.45, 2.75) is 39.2 Å². The Labute approximate surface area is 190 Å². The molecule has 0 atom stereocenters. The van der Waals surface area contributed by atoms with E-state index in [1.54, 1.807) is 0 Å². The normalized spacial score (nSPS) is 11.3. The standard InChI is InChI=1S/C26H24N4O3/c1-17-20-12-10-19(15-18(20)11-13-23(17)32-16-25-27-29-30-28-25)26-22(8-3-2-6-14-31)21-7-4-5-9-24(21)33-26/h4-5,7,9-15H,2-3,6,8,16H2,1H3,(H,27,28,29,30). The third kappa shape index (κ3) is 4.22. The van der Waals surface area contributed by atoms with Gasteiger partial charge in [-0.05, 0) is 60.7 Å². The highest BCUT2D eigenvalue weighted by Gasteiger charge is 2.16. The number of rotatable bonds is 9. The van der Waals surface area contributed by atoms with Crippen LogP contribution in [0.1, 0.15) is 36.2 Å². The number of tetrazole rings is 1. The summed E-state index contributed by atoms with van der Waals surface area (Å²) < 4.78 is 12.2. The molecule has 3 aromatic carbocycles. The van der Waals surface area contributed by atoms with Gasteiger partial charge in [0.15, 0.2) is 6.61 Å². The van der Waals surface area contributed by atoms with Crippen LogP contribution in [0.4, 0.5) is 0 Å². The van der Waals surface area contributed by atoms with Crippen LogP contribution in [-0.2, 0) is 17.8 Å². The topological polar surface area (TPSA) is 93.9 Å². The molecule has 33 heavy (non-hydrogen) atoms. The van der Waals surface area contributed by atoms with Gasteiger partial charge in [0.05, 0.1) is 0 Å². The van der Waals surface area contributed by atoms with Gasteiger partial charge in [-0.25, -0.2) is 0 Å². The van der Waals surface area contributed by atoms with Gasteiger partial charge in [0.25, 0.3) is 0 Å². The van der Waals surface area contributed by atoms with Gasteiger partial charge in [-0.3, -0.25) is 0 Å². The fraction of sp³-hybridized carbons (Fsp3) is 0.231. The molecule has 0 bridgehead atoms. The number of aromatic amines is 1. The highest BCUT2D eigenvalue weighted by molar-refractivity contribution is 5.93. The van der Waals surface area contributed by atoms with Gasteiger partial charge in [-0.15, -0.1) is 10.2 Å². The number of H-pyrrole nitrogens is 1. The van der Waals surface area contributed by atoms with Crippen molar-refractivity contribution in [1.29, 1.82) is 0 Å². The van der Waals surface area contributed by atoms with Gasteiger partial charge in [-0.2, -0.15) is 5.21 Å². The molecular formula is C26H24N4O3. The van der Waals surface area contributed by atoms with Crippen molar-refractivity contribution in [3.8, 4) is 17.1 Å². The number of hydrogen-bond acceptors (Lipinski definition) is 6. The Kier molecular flexibility index (Phi) is 5.85. The van der Waals surface area contributed by atoms with E-state index in [1.807, 2.05) is 31.2 Å². The lowest BCUT2D eigenvalue weighted by Crippen LogP contribution is -1.99. The first-order chi connectivity index (χ1) is 16.2. The first-order valence-corrected chi connectivity index (χ1v) is 11.1. The summed E-state index contributed by atoms with van der Waals surface area (Å²) in [7, 11) is 0. The number of aldehydes is 1. The molecule has 0 aliphatic carbocycles. The minimum Gasteiger partial charge on any atom is -0.485 e. The number of furan rings is 1. The molecule has 0 spiro atoms. The zero-order valence-electron chi connectivity index (χ0n) is 18.4. The molecule has 7 heteroatoms. The molecule has 5 rings (SSSR count). The number of benzene rings is 3. The third-order valence-corrected chi connectivity index (χ3v) is 5.94. The van der Waals surface area contributed by atoms with Gasteiger partial charge < -0.3 is 13.9 Å². The van der Waals surface area contributed by atoms with Crippen molar-refractivity contribution < 1.29 is 13.9 Å². The van der Waals surface area contributed by atoms with Crippen LogP contribution < -0.4 is 4.74 Å². The average molecular weight is 441 g/mol. The number of nitrogens with one attached hydrogen (secondary N) is 1. The van der Waals surface area contributed by atoms with E-state index in [4.69, 9.17) is 9.15 Å². The van der Waals surface area contributed by atoms with E-state index in [1.165, 1.54) is 5.56 Å². The van der Waals surface area contributed by atoms with Crippen LogP contribution in [0.15, 0.2) is 59.0 Å². The summed E-state index contributed by atoms with van der Waals surface area (Å²) in [6.07, 6.45) is 4.28. The lowest BCUT2D eigenvalue weighted by molar-refractivity contribution is -0.107.